The van der Waals surface area contributed by atoms with E-state index in [0.717, 1.165) is 10.9 Å². The molecule has 0 radical (unpaired) electrons. The van der Waals surface area contributed by atoms with E-state index in [1.807, 2.05) is 30.3 Å². The van der Waals surface area contributed by atoms with E-state index < -0.39 is 0 Å². The van der Waals surface area contributed by atoms with Gasteiger partial charge in [0, 0.05) is 17.8 Å². The van der Waals surface area contributed by atoms with Gasteiger partial charge in [-0.25, -0.2) is 4.98 Å². The Morgan fingerprint density at radius 1 is 1.00 bits per heavy atom. The lowest BCUT2D eigenvalue weighted by molar-refractivity contribution is 0.466. The third-order valence-corrected chi connectivity index (χ3v) is 3.06. The third-order valence-electron chi connectivity index (χ3n) is 2.84. The lowest BCUT2D eigenvalue weighted by Crippen LogP contribution is -2.11. The molecule has 0 saturated heterocycles. The van der Waals surface area contributed by atoms with E-state index in [1.165, 1.54) is 0 Å². The van der Waals surface area contributed by atoms with E-state index >= 15 is 0 Å². The summed E-state index contributed by atoms with van der Waals surface area (Å²) in [7, 11) is 0. The first kappa shape index (κ1) is 12.5. The normalized spacial score (nSPS) is 10.4. The molecule has 3 aromatic rings. The molecular weight excluding hydrogens is 270 g/mol. The SMILES string of the molecule is NC(=S)c1cccnc1Oc1cccc2cccnc12. The molecule has 4 nitrogen and oxygen atoms in total. The molecule has 0 aliphatic carbocycles. The van der Waals surface area contributed by atoms with Gasteiger partial charge in [-0.3, -0.25) is 4.98 Å². The Morgan fingerprint density at radius 3 is 2.60 bits per heavy atom. The Bertz CT molecular complexity index is 783. The molecule has 0 atom stereocenters. The topological polar surface area (TPSA) is 61.0 Å². The molecule has 0 bridgehead atoms. The van der Waals surface area contributed by atoms with Crippen LogP contribution in [0.15, 0.2) is 54.9 Å². The van der Waals surface area contributed by atoms with Gasteiger partial charge in [0.15, 0.2) is 5.75 Å². The van der Waals surface area contributed by atoms with Gasteiger partial charge in [0.05, 0.1) is 5.56 Å². The zero-order chi connectivity index (χ0) is 13.9. The quantitative estimate of drug-likeness (QED) is 0.748. The highest BCUT2D eigenvalue weighted by molar-refractivity contribution is 7.80. The van der Waals surface area contributed by atoms with Crippen LogP contribution >= 0.6 is 12.2 Å². The summed E-state index contributed by atoms with van der Waals surface area (Å²) < 4.78 is 5.84. The molecule has 98 valence electrons. The summed E-state index contributed by atoms with van der Waals surface area (Å²) in [6, 6.07) is 13.1. The highest BCUT2D eigenvalue weighted by atomic mass is 32.1. The number of nitrogens with two attached hydrogens (primary N) is 1. The van der Waals surface area contributed by atoms with E-state index in [1.54, 1.807) is 24.5 Å². The van der Waals surface area contributed by atoms with E-state index in [2.05, 4.69) is 9.97 Å². The van der Waals surface area contributed by atoms with Crippen molar-refractivity contribution in [1.29, 1.82) is 0 Å². The highest BCUT2D eigenvalue weighted by Gasteiger charge is 2.10. The van der Waals surface area contributed by atoms with Crippen LogP contribution in [0.4, 0.5) is 0 Å². The minimum Gasteiger partial charge on any atom is -0.436 e. The fourth-order valence-electron chi connectivity index (χ4n) is 1.92. The summed E-state index contributed by atoms with van der Waals surface area (Å²) in [6.45, 7) is 0. The van der Waals surface area contributed by atoms with Gasteiger partial charge in [-0.1, -0.05) is 30.4 Å². The number of hydrogen-bond acceptors (Lipinski definition) is 4. The second-order valence-corrected chi connectivity index (χ2v) is 4.59. The lowest BCUT2D eigenvalue weighted by atomic mass is 10.2. The van der Waals surface area contributed by atoms with E-state index in [9.17, 15) is 0 Å². The number of fused-ring (bicyclic) bond motifs is 1. The smallest absolute Gasteiger partial charge is 0.229 e. The molecule has 0 spiro atoms. The van der Waals surface area contributed by atoms with Crippen LogP contribution in [0, 0.1) is 0 Å². The first-order valence-corrected chi connectivity index (χ1v) is 6.43. The van der Waals surface area contributed by atoms with Crippen molar-refractivity contribution in [3.8, 4) is 11.6 Å². The first-order chi connectivity index (χ1) is 9.75. The maximum absolute atomic E-state index is 5.84. The molecular formula is C15H11N3OS. The zero-order valence-corrected chi connectivity index (χ0v) is 11.3. The third kappa shape index (κ3) is 2.31. The van der Waals surface area contributed by atoms with Crippen molar-refractivity contribution in [1.82, 2.24) is 9.97 Å². The second kappa shape index (κ2) is 5.22. The number of rotatable bonds is 3. The molecule has 0 amide bonds. The van der Waals surface area contributed by atoms with Gasteiger partial charge in [-0.2, -0.15) is 0 Å². The molecule has 2 N–H and O–H groups in total. The fourth-order valence-corrected chi connectivity index (χ4v) is 2.08. The number of benzene rings is 1. The first-order valence-electron chi connectivity index (χ1n) is 6.02. The van der Waals surface area contributed by atoms with Crippen molar-refractivity contribution in [2.24, 2.45) is 5.73 Å². The van der Waals surface area contributed by atoms with Crippen LogP contribution in [-0.4, -0.2) is 15.0 Å². The molecule has 2 aromatic heterocycles. The maximum atomic E-state index is 5.84. The van der Waals surface area contributed by atoms with Crippen LogP contribution in [0.5, 0.6) is 11.6 Å². The Labute approximate surface area is 121 Å². The van der Waals surface area contributed by atoms with Crippen LogP contribution in [0.3, 0.4) is 0 Å². The number of ether oxygens (including phenoxy) is 1. The standard InChI is InChI=1S/C15H11N3OS/c16-14(20)11-6-3-9-18-15(11)19-12-7-1-4-10-5-2-8-17-13(10)12/h1-9H,(H2,16,20). The molecule has 0 fully saturated rings. The Balaban J connectivity index is 2.08. The highest BCUT2D eigenvalue weighted by Crippen LogP contribution is 2.28. The number of thiocarbonyl (C=S) groups is 1. The number of pyridine rings is 2. The summed E-state index contributed by atoms with van der Waals surface area (Å²) in [5, 5.41) is 0.998. The number of aromatic nitrogens is 2. The monoisotopic (exact) mass is 281 g/mol. The molecule has 5 heteroatoms. The summed E-state index contributed by atoms with van der Waals surface area (Å²) in [5.41, 5.74) is 7.06. The van der Waals surface area contributed by atoms with Crippen molar-refractivity contribution >= 4 is 28.1 Å². The van der Waals surface area contributed by atoms with Crippen LogP contribution in [0.25, 0.3) is 10.9 Å². The molecule has 1 aromatic carbocycles. The lowest BCUT2D eigenvalue weighted by Gasteiger charge is -2.10. The molecule has 0 aliphatic heterocycles. The Kier molecular flexibility index (Phi) is 3.26. The van der Waals surface area contributed by atoms with Gasteiger partial charge in [0.2, 0.25) is 5.88 Å². The average molecular weight is 281 g/mol. The van der Waals surface area contributed by atoms with Crippen molar-refractivity contribution in [3.63, 3.8) is 0 Å². The van der Waals surface area contributed by atoms with Gasteiger partial charge >= 0.3 is 0 Å². The van der Waals surface area contributed by atoms with E-state index in [4.69, 9.17) is 22.7 Å². The fraction of sp³-hybridized carbons (Fsp3) is 0. The summed E-state index contributed by atoms with van der Waals surface area (Å²) >= 11 is 5.00. The number of para-hydroxylation sites is 1. The molecule has 3 rings (SSSR count). The van der Waals surface area contributed by atoms with Gasteiger partial charge in [0.1, 0.15) is 10.5 Å². The van der Waals surface area contributed by atoms with Crippen molar-refractivity contribution in [2.45, 2.75) is 0 Å². The van der Waals surface area contributed by atoms with Crippen molar-refractivity contribution < 1.29 is 4.74 Å². The Morgan fingerprint density at radius 2 is 1.75 bits per heavy atom. The van der Waals surface area contributed by atoms with Crippen molar-refractivity contribution in [2.75, 3.05) is 0 Å². The predicted octanol–water partition coefficient (Wildman–Crippen LogP) is 3.06. The van der Waals surface area contributed by atoms with Crippen LogP contribution in [0.2, 0.25) is 0 Å². The predicted molar refractivity (Wildman–Crippen MR) is 81.9 cm³/mol. The van der Waals surface area contributed by atoms with Crippen LogP contribution in [0.1, 0.15) is 5.56 Å². The van der Waals surface area contributed by atoms with Gasteiger partial charge < -0.3 is 10.5 Å². The van der Waals surface area contributed by atoms with Gasteiger partial charge in [-0.15, -0.1) is 0 Å². The zero-order valence-electron chi connectivity index (χ0n) is 10.5. The average Bonchev–Trinajstić information content (AvgIpc) is 2.48. The maximum Gasteiger partial charge on any atom is 0.229 e. The van der Waals surface area contributed by atoms with E-state index in [-0.39, 0.29) is 4.99 Å². The van der Waals surface area contributed by atoms with Crippen molar-refractivity contribution in [3.05, 3.63) is 60.4 Å². The largest absolute Gasteiger partial charge is 0.436 e. The Hall–Kier alpha value is -2.53. The van der Waals surface area contributed by atoms with Gasteiger partial charge in [0.25, 0.3) is 0 Å². The minimum atomic E-state index is 0.251. The second-order valence-electron chi connectivity index (χ2n) is 4.15. The number of hydrogen-bond donors (Lipinski definition) is 1. The molecule has 20 heavy (non-hydrogen) atoms. The molecule has 2 heterocycles. The number of nitrogens with zero attached hydrogens (tertiary/aromatic N) is 2. The molecule has 0 unspecified atom stereocenters. The molecule has 0 saturated carbocycles. The summed E-state index contributed by atoms with van der Waals surface area (Å²) in [6.07, 6.45) is 3.36. The van der Waals surface area contributed by atoms with Crippen LogP contribution in [-0.2, 0) is 0 Å². The summed E-state index contributed by atoms with van der Waals surface area (Å²) in [5.74, 6) is 1.01. The summed E-state index contributed by atoms with van der Waals surface area (Å²) in [4.78, 5) is 8.77. The van der Waals surface area contributed by atoms with Gasteiger partial charge in [-0.05, 0) is 24.3 Å². The van der Waals surface area contributed by atoms with E-state index in [0.29, 0.717) is 17.2 Å². The van der Waals surface area contributed by atoms with Crippen LogP contribution < -0.4 is 10.5 Å². The minimum absolute atomic E-state index is 0.251. The molecule has 0 aliphatic rings.